The maximum absolute atomic E-state index is 6.33. The first-order valence-corrected chi connectivity index (χ1v) is 7.16. The Balaban J connectivity index is 2.00. The molecule has 1 saturated heterocycles. The lowest BCUT2D eigenvalue weighted by molar-refractivity contribution is 0.395. The third-order valence-electron chi connectivity index (χ3n) is 3.64. The first-order chi connectivity index (χ1) is 9.10. The summed E-state index contributed by atoms with van der Waals surface area (Å²) < 4.78 is 0. The van der Waals surface area contributed by atoms with Crippen molar-refractivity contribution in [2.45, 2.75) is 13.0 Å². The quantitative estimate of drug-likeness (QED) is 0.893. The van der Waals surface area contributed by atoms with Gasteiger partial charge in [0, 0.05) is 32.9 Å². The minimum Gasteiger partial charge on any atom is -0.358 e. The average molecular weight is 283 g/mol. The summed E-state index contributed by atoms with van der Waals surface area (Å²) in [6, 6.07) is 2.00. The van der Waals surface area contributed by atoms with Crippen molar-refractivity contribution in [3.63, 3.8) is 0 Å². The molecular formula is C14H23ClN4. The van der Waals surface area contributed by atoms with Crippen molar-refractivity contribution >= 4 is 17.4 Å². The Bertz CT molecular complexity index is 424. The SMILES string of the molecule is CNCc1cnc(N(C)CC2CCN(C)C2)c(Cl)c1. The van der Waals surface area contributed by atoms with Gasteiger partial charge in [0.05, 0.1) is 5.02 Å². The van der Waals surface area contributed by atoms with Gasteiger partial charge in [-0.1, -0.05) is 11.6 Å². The molecule has 2 rings (SSSR count). The van der Waals surface area contributed by atoms with Crippen LogP contribution in [0.4, 0.5) is 5.82 Å². The third kappa shape index (κ3) is 3.81. The van der Waals surface area contributed by atoms with Crippen LogP contribution in [0.15, 0.2) is 12.3 Å². The van der Waals surface area contributed by atoms with Gasteiger partial charge in [0.25, 0.3) is 0 Å². The topological polar surface area (TPSA) is 31.4 Å². The first kappa shape index (κ1) is 14.6. The van der Waals surface area contributed by atoms with Crippen LogP contribution in [0.1, 0.15) is 12.0 Å². The van der Waals surface area contributed by atoms with Gasteiger partial charge in [-0.25, -0.2) is 4.98 Å². The van der Waals surface area contributed by atoms with E-state index in [0.717, 1.165) is 29.5 Å². The first-order valence-electron chi connectivity index (χ1n) is 6.79. The van der Waals surface area contributed by atoms with Gasteiger partial charge in [0.2, 0.25) is 0 Å². The minimum absolute atomic E-state index is 0.713. The van der Waals surface area contributed by atoms with Gasteiger partial charge in [-0.2, -0.15) is 0 Å². The van der Waals surface area contributed by atoms with Crippen molar-refractivity contribution in [1.82, 2.24) is 15.2 Å². The summed E-state index contributed by atoms with van der Waals surface area (Å²) >= 11 is 6.33. The molecule has 1 fully saturated rings. The van der Waals surface area contributed by atoms with E-state index in [4.69, 9.17) is 11.6 Å². The average Bonchev–Trinajstić information content (AvgIpc) is 2.75. The number of halogens is 1. The molecule has 0 spiro atoms. The zero-order valence-corrected chi connectivity index (χ0v) is 12.7. The lowest BCUT2D eigenvalue weighted by Crippen LogP contribution is -2.28. The maximum atomic E-state index is 6.33. The number of pyridine rings is 1. The number of anilines is 1. The van der Waals surface area contributed by atoms with Crippen molar-refractivity contribution in [2.75, 3.05) is 45.7 Å². The van der Waals surface area contributed by atoms with Crippen LogP contribution in [0, 0.1) is 5.92 Å². The molecule has 0 radical (unpaired) electrons. The fourth-order valence-corrected chi connectivity index (χ4v) is 3.03. The Morgan fingerprint density at radius 1 is 1.58 bits per heavy atom. The normalized spacial score (nSPS) is 19.9. The molecule has 1 aromatic rings. The smallest absolute Gasteiger partial charge is 0.147 e. The number of aromatic nitrogens is 1. The molecule has 1 aliphatic rings. The van der Waals surface area contributed by atoms with Crippen molar-refractivity contribution in [2.24, 2.45) is 5.92 Å². The van der Waals surface area contributed by atoms with E-state index in [1.54, 1.807) is 0 Å². The summed E-state index contributed by atoms with van der Waals surface area (Å²) in [4.78, 5) is 9.05. The molecular weight excluding hydrogens is 260 g/mol. The summed E-state index contributed by atoms with van der Waals surface area (Å²) in [5.74, 6) is 1.60. The lowest BCUT2D eigenvalue weighted by Gasteiger charge is -2.23. The van der Waals surface area contributed by atoms with Crippen LogP contribution in [-0.4, -0.2) is 50.7 Å². The fraction of sp³-hybridized carbons (Fsp3) is 0.643. The zero-order chi connectivity index (χ0) is 13.8. The number of nitrogens with zero attached hydrogens (tertiary/aromatic N) is 3. The van der Waals surface area contributed by atoms with Gasteiger partial charge in [-0.15, -0.1) is 0 Å². The largest absolute Gasteiger partial charge is 0.358 e. The Labute approximate surface area is 120 Å². The summed E-state index contributed by atoms with van der Waals surface area (Å²) in [5, 5.41) is 3.84. The van der Waals surface area contributed by atoms with Crippen molar-refractivity contribution in [3.05, 3.63) is 22.8 Å². The molecule has 106 valence electrons. The van der Waals surface area contributed by atoms with Crippen LogP contribution >= 0.6 is 11.6 Å². The highest BCUT2D eigenvalue weighted by Crippen LogP contribution is 2.25. The zero-order valence-electron chi connectivity index (χ0n) is 12.0. The van der Waals surface area contributed by atoms with E-state index in [9.17, 15) is 0 Å². The van der Waals surface area contributed by atoms with Crippen LogP contribution in [0.25, 0.3) is 0 Å². The van der Waals surface area contributed by atoms with Crippen molar-refractivity contribution in [3.8, 4) is 0 Å². The molecule has 1 N–H and O–H groups in total. The summed E-state index contributed by atoms with van der Waals surface area (Å²) in [5.41, 5.74) is 1.12. The van der Waals surface area contributed by atoms with E-state index < -0.39 is 0 Å². The molecule has 5 heteroatoms. The number of hydrogen-bond donors (Lipinski definition) is 1. The van der Waals surface area contributed by atoms with Gasteiger partial charge in [-0.05, 0) is 44.6 Å². The van der Waals surface area contributed by atoms with Gasteiger partial charge in [0.15, 0.2) is 0 Å². The van der Waals surface area contributed by atoms with Crippen LogP contribution in [-0.2, 0) is 6.54 Å². The number of hydrogen-bond acceptors (Lipinski definition) is 4. The number of rotatable bonds is 5. The summed E-state index contributed by atoms with van der Waals surface area (Å²) in [6.45, 7) is 4.17. The van der Waals surface area contributed by atoms with Crippen LogP contribution < -0.4 is 10.2 Å². The summed E-state index contributed by atoms with van der Waals surface area (Å²) in [7, 11) is 6.17. The van der Waals surface area contributed by atoms with Crippen LogP contribution in [0.5, 0.6) is 0 Å². The molecule has 0 aliphatic carbocycles. The molecule has 19 heavy (non-hydrogen) atoms. The Hall–Kier alpha value is -0.840. The van der Waals surface area contributed by atoms with E-state index in [1.165, 1.54) is 19.5 Å². The van der Waals surface area contributed by atoms with Crippen molar-refractivity contribution < 1.29 is 0 Å². The van der Waals surface area contributed by atoms with E-state index >= 15 is 0 Å². The Morgan fingerprint density at radius 3 is 2.95 bits per heavy atom. The Kier molecular flexibility index (Phi) is 5.02. The molecule has 0 aromatic carbocycles. The van der Waals surface area contributed by atoms with Crippen LogP contribution in [0.3, 0.4) is 0 Å². The maximum Gasteiger partial charge on any atom is 0.147 e. The predicted molar refractivity (Wildman–Crippen MR) is 80.9 cm³/mol. The predicted octanol–water partition coefficient (Wildman–Crippen LogP) is 1.84. The van der Waals surface area contributed by atoms with E-state index in [-0.39, 0.29) is 0 Å². The van der Waals surface area contributed by atoms with Gasteiger partial charge in [-0.3, -0.25) is 0 Å². The third-order valence-corrected chi connectivity index (χ3v) is 3.92. The van der Waals surface area contributed by atoms with E-state index in [0.29, 0.717) is 5.92 Å². The van der Waals surface area contributed by atoms with Crippen LogP contribution in [0.2, 0.25) is 5.02 Å². The minimum atomic E-state index is 0.713. The second kappa shape index (κ2) is 6.55. The Morgan fingerprint density at radius 2 is 2.37 bits per heavy atom. The molecule has 1 atom stereocenters. The second-order valence-electron chi connectivity index (χ2n) is 5.48. The fourth-order valence-electron chi connectivity index (χ4n) is 2.70. The standard InChI is InChI=1S/C14H23ClN4/c1-16-7-12-6-13(15)14(17-8-12)19(3)10-11-4-5-18(2)9-11/h6,8,11,16H,4-5,7,9-10H2,1-3H3. The molecule has 1 unspecified atom stereocenters. The monoisotopic (exact) mass is 282 g/mol. The number of likely N-dealkylation sites (tertiary alicyclic amines) is 1. The second-order valence-corrected chi connectivity index (χ2v) is 5.88. The molecule has 0 saturated carbocycles. The molecule has 1 aliphatic heterocycles. The molecule has 0 amide bonds. The van der Waals surface area contributed by atoms with Gasteiger partial charge in [0.1, 0.15) is 5.82 Å². The van der Waals surface area contributed by atoms with E-state index in [1.807, 2.05) is 19.3 Å². The van der Waals surface area contributed by atoms with Gasteiger partial charge >= 0.3 is 0 Å². The molecule has 2 heterocycles. The highest BCUT2D eigenvalue weighted by molar-refractivity contribution is 6.33. The van der Waals surface area contributed by atoms with E-state index in [2.05, 4.69) is 34.2 Å². The molecule has 1 aromatic heterocycles. The summed E-state index contributed by atoms with van der Waals surface area (Å²) in [6.07, 6.45) is 3.16. The highest BCUT2D eigenvalue weighted by atomic mass is 35.5. The lowest BCUT2D eigenvalue weighted by atomic mass is 10.1. The molecule has 4 nitrogen and oxygen atoms in total. The van der Waals surface area contributed by atoms with Crippen molar-refractivity contribution in [1.29, 1.82) is 0 Å². The number of nitrogens with one attached hydrogen (secondary N) is 1. The highest BCUT2D eigenvalue weighted by Gasteiger charge is 2.22. The van der Waals surface area contributed by atoms with Gasteiger partial charge < -0.3 is 15.1 Å². The molecule has 0 bridgehead atoms.